The normalized spacial score (nSPS) is 32.2. The standard InChI is InChI=1S/C6H10ClN2O2/c1-8-2-3-9(7,5-10)4-6(8)11/h5H,2-4H2,1H3/q+1. The van der Waals surface area contributed by atoms with Crippen LogP contribution in [0.15, 0.2) is 0 Å². The van der Waals surface area contributed by atoms with E-state index in [0.717, 1.165) is 0 Å². The van der Waals surface area contributed by atoms with Crippen LogP contribution in [-0.2, 0) is 9.59 Å². The maximum Gasteiger partial charge on any atom is 0.319 e. The Hall–Kier alpha value is -0.610. The molecule has 11 heavy (non-hydrogen) atoms. The summed E-state index contributed by atoms with van der Waals surface area (Å²) in [6.45, 7) is 1.11. The van der Waals surface area contributed by atoms with Crippen LogP contribution in [-0.4, -0.2) is 47.9 Å². The van der Waals surface area contributed by atoms with E-state index in [1.807, 2.05) is 0 Å². The second-order valence-electron chi connectivity index (χ2n) is 2.73. The summed E-state index contributed by atoms with van der Waals surface area (Å²) >= 11 is 5.74. The number of halogens is 1. The Morgan fingerprint density at radius 2 is 2.36 bits per heavy atom. The summed E-state index contributed by atoms with van der Waals surface area (Å²) in [4.78, 5) is 23.0. The number of carbonyl (C=O) groups is 2. The van der Waals surface area contributed by atoms with Crippen molar-refractivity contribution in [2.45, 2.75) is 0 Å². The molecule has 0 saturated carbocycles. The van der Waals surface area contributed by atoms with Gasteiger partial charge < -0.3 is 4.90 Å². The lowest BCUT2D eigenvalue weighted by molar-refractivity contribution is -0.721. The summed E-state index contributed by atoms with van der Waals surface area (Å²) in [6.07, 6.45) is 0.604. The average molecular weight is 178 g/mol. The summed E-state index contributed by atoms with van der Waals surface area (Å²) in [5, 5.41) is 0. The third-order valence-corrected chi connectivity index (χ3v) is 2.19. The third kappa shape index (κ3) is 1.70. The third-order valence-electron chi connectivity index (χ3n) is 1.82. The van der Waals surface area contributed by atoms with Gasteiger partial charge in [-0.1, -0.05) is 0 Å². The average Bonchev–Trinajstić information content (AvgIpc) is 1.98. The van der Waals surface area contributed by atoms with Crippen LogP contribution in [0.5, 0.6) is 0 Å². The zero-order chi connectivity index (χ0) is 8.48. The molecule has 0 aromatic rings. The van der Waals surface area contributed by atoms with Gasteiger partial charge in [0.2, 0.25) is 0 Å². The molecule has 5 heteroatoms. The van der Waals surface area contributed by atoms with Gasteiger partial charge in [0.25, 0.3) is 5.91 Å². The molecule has 1 aliphatic heterocycles. The summed E-state index contributed by atoms with van der Waals surface area (Å²) in [5.74, 6) is -0.0849. The lowest BCUT2D eigenvalue weighted by atomic mass is 10.3. The quantitative estimate of drug-likeness (QED) is 0.403. The molecule has 0 aliphatic carbocycles. The fourth-order valence-corrected chi connectivity index (χ4v) is 1.13. The molecule has 0 aromatic carbocycles. The molecule has 1 saturated heterocycles. The number of hydrogen-bond donors (Lipinski definition) is 0. The predicted octanol–water partition coefficient (Wildman–Crippen LogP) is -0.415. The minimum absolute atomic E-state index is 0.0710. The molecule has 1 unspecified atom stereocenters. The first-order chi connectivity index (χ1) is 5.07. The molecule has 2 amide bonds. The van der Waals surface area contributed by atoms with Crippen LogP contribution in [0.3, 0.4) is 0 Å². The molecule has 0 aromatic heterocycles. The van der Waals surface area contributed by atoms with Crippen molar-refractivity contribution < 1.29 is 13.6 Å². The highest BCUT2D eigenvalue weighted by Crippen LogP contribution is 2.13. The molecular formula is C6H10ClN2O2+. The zero-order valence-electron chi connectivity index (χ0n) is 6.29. The molecule has 1 atom stereocenters. The largest absolute Gasteiger partial charge is 0.335 e. The Bertz CT molecular complexity index is 197. The number of amides is 2. The highest BCUT2D eigenvalue weighted by Gasteiger charge is 2.35. The Morgan fingerprint density at radius 3 is 2.82 bits per heavy atom. The first kappa shape index (κ1) is 8.49. The predicted molar refractivity (Wildman–Crippen MR) is 39.5 cm³/mol. The fourth-order valence-electron chi connectivity index (χ4n) is 0.956. The summed E-state index contributed by atoms with van der Waals surface area (Å²) in [6, 6.07) is 0. The van der Waals surface area contributed by atoms with Crippen molar-refractivity contribution in [1.29, 1.82) is 0 Å². The molecule has 0 radical (unpaired) electrons. The van der Waals surface area contributed by atoms with E-state index in [1.54, 1.807) is 11.9 Å². The molecule has 0 N–H and O–H groups in total. The minimum Gasteiger partial charge on any atom is -0.335 e. The number of nitrogens with zero attached hydrogens (tertiary/aromatic N) is 2. The number of hydrogen-bond acceptors (Lipinski definition) is 2. The van der Waals surface area contributed by atoms with Crippen molar-refractivity contribution >= 4 is 24.1 Å². The molecular weight excluding hydrogens is 168 g/mol. The summed E-state index contributed by atoms with van der Waals surface area (Å²) in [7, 11) is 1.70. The van der Waals surface area contributed by atoms with Gasteiger partial charge in [0, 0.05) is 7.05 Å². The van der Waals surface area contributed by atoms with E-state index in [0.29, 0.717) is 19.5 Å². The van der Waals surface area contributed by atoms with Gasteiger partial charge in [-0.25, -0.2) is 4.79 Å². The van der Waals surface area contributed by atoms with Gasteiger partial charge in [0.1, 0.15) is 6.54 Å². The molecule has 0 spiro atoms. The van der Waals surface area contributed by atoms with Gasteiger partial charge >= 0.3 is 6.41 Å². The Balaban J connectivity index is 2.66. The molecule has 4 nitrogen and oxygen atoms in total. The number of carbonyl (C=O) groups excluding carboxylic acids is 2. The number of quaternary nitrogens is 1. The van der Waals surface area contributed by atoms with E-state index < -0.39 is 0 Å². The lowest BCUT2D eigenvalue weighted by Gasteiger charge is -2.30. The van der Waals surface area contributed by atoms with E-state index in [4.69, 9.17) is 11.8 Å². The van der Waals surface area contributed by atoms with Crippen LogP contribution in [0.1, 0.15) is 0 Å². The van der Waals surface area contributed by atoms with Crippen molar-refractivity contribution in [1.82, 2.24) is 4.90 Å². The molecule has 62 valence electrons. The van der Waals surface area contributed by atoms with Crippen LogP contribution < -0.4 is 0 Å². The van der Waals surface area contributed by atoms with Gasteiger partial charge in [0.15, 0.2) is 18.3 Å². The van der Waals surface area contributed by atoms with Crippen LogP contribution in [0.4, 0.5) is 0 Å². The van der Waals surface area contributed by atoms with Gasteiger partial charge in [-0.05, 0) is 0 Å². The highest BCUT2D eigenvalue weighted by molar-refractivity contribution is 6.11. The first-order valence-electron chi connectivity index (χ1n) is 3.34. The Kier molecular flexibility index (Phi) is 2.15. The van der Waals surface area contributed by atoms with Crippen molar-refractivity contribution in [3.05, 3.63) is 0 Å². The van der Waals surface area contributed by atoms with Crippen LogP contribution in [0.25, 0.3) is 0 Å². The number of rotatable bonds is 1. The molecule has 1 fully saturated rings. The second kappa shape index (κ2) is 2.79. The SMILES string of the molecule is CN1CC[N+](Cl)(C=O)CC1=O. The van der Waals surface area contributed by atoms with Crippen molar-refractivity contribution in [3.63, 3.8) is 0 Å². The summed E-state index contributed by atoms with van der Waals surface area (Å²) in [5.41, 5.74) is 0. The van der Waals surface area contributed by atoms with Gasteiger partial charge in [-0.2, -0.15) is 4.00 Å². The van der Waals surface area contributed by atoms with Crippen molar-refractivity contribution in [2.24, 2.45) is 0 Å². The highest BCUT2D eigenvalue weighted by atomic mass is 35.5. The lowest BCUT2D eigenvalue weighted by Crippen LogP contribution is -2.55. The van der Waals surface area contributed by atoms with Crippen LogP contribution >= 0.6 is 11.8 Å². The minimum atomic E-state index is -0.302. The van der Waals surface area contributed by atoms with Gasteiger partial charge in [-0.15, -0.1) is 0 Å². The van der Waals surface area contributed by atoms with E-state index in [9.17, 15) is 9.59 Å². The monoisotopic (exact) mass is 177 g/mol. The van der Waals surface area contributed by atoms with E-state index in [-0.39, 0.29) is 16.5 Å². The van der Waals surface area contributed by atoms with E-state index in [1.165, 1.54) is 0 Å². The zero-order valence-corrected chi connectivity index (χ0v) is 7.04. The van der Waals surface area contributed by atoms with E-state index in [2.05, 4.69) is 0 Å². The number of piperazine rings is 1. The fraction of sp³-hybridized carbons (Fsp3) is 0.667. The summed E-state index contributed by atoms with van der Waals surface area (Å²) < 4.78 is -0.302. The van der Waals surface area contributed by atoms with Crippen LogP contribution in [0, 0.1) is 0 Å². The van der Waals surface area contributed by atoms with Gasteiger partial charge in [0.05, 0.1) is 6.54 Å². The second-order valence-corrected chi connectivity index (χ2v) is 3.40. The maximum atomic E-state index is 11.0. The van der Waals surface area contributed by atoms with Crippen molar-refractivity contribution in [3.8, 4) is 0 Å². The molecule has 0 bridgehead atoms. The van der Waals surface area contributed by atoms with Crippen LogP contribution in [0.2, 0.25) is 0 Å². The molecule has 1 rings (SSSR count). The Labute approximate surface area is 70.0 Å². The number of likely N-dealkylation sites (N-methyl/N-ethyl adjacent to an activating group) is 1. The molecule has 1 aliphatic rings. The van der Waals surface area contributed by atoms with Crippen molar-refractivity contribution in [2.75, 3.05) is 26.7 Å². The smallest absolute Gasteiger partial charge is 0.319 e. The van der Waals surface area contributed by atoms with Gasteiger partial charge in [-0.3, -0.25) is 4.79 Å². The Morgan fingerprint density at radius 1 is 1.73 bits per heavy atom. The van der Waals surface area contributed by atoms with E-state index >= 15 is 0 Å². The maximum absolute atomic E-state index is 11.0. The topological polar surface area (TPSA) is 37.4 Å². The molecule has 1 heterocycles. The first-order valence-corrected chi connectivity index (χ1v) is 3.68.